The number of aromatic nitrogens is 3. The summed E-state index contributed by atoms with van der Waals surface area (Å²) in [6.45, 7) is 2.06. The van der Waals surface area contributed by atoms with Crippen LogP contribution in [0, 0.1) is 12.7 Å². The molecular weight excluding hydrogens is 455 g/mol. The summed E-state index contributed by atoms with van der Waals surface area (Å²) in [5.41, 5.74) is 3.21. The van der Waals surface area contributed by atoms with Gasteiger partial charge >= 0.3 is 0 Å². The van der Waals surface area contributed by atoms with E-state index in [0.29, 0.717) is 33.7 Å². The molecule has 170 valence electrons. The average Bonchev–Trinajstić information content (AvgIpc) is 3.11. The molecule has 1 N–H and O–H groups in total. The second kappa shape index (κ2) is 8.76. The number of hydrogen-bond acceptors (Lipinski definition) is 3. The number of carbonyl (C=O) groups excluding carboxylic acids is 1. The smallest absolute Gasteiger partial charge is 0.278 e. The SMILES string of the molecule is Cc1ccc(NC(=O)Cn2c3ccc(F)cc3c3ncn(Cc4ccccc4)c(=O)c32)c(Cl)c1. The number of amides is 1. The van der Waals surface area contributed by atoms with Crippen molar-refractivity contribution >= 4 is 45.1 Å². The normalized spacial score (nSPS) is 11.3. The van der Waals surface area contributed by atoms with Crippen LogP contribution in [-0.4, -0.2) is 20.0 Å². The van der Waals surface area contributed by atoms with Gasteiger partial charge in [-0.3, -0.25) is 14.2 Å². The minimum Gasteiger partial charge on any atom is -0.325 e. The van der Waals surface area contributed by atoms with E-state index in [0.717, 1.165) is 11.1 Å². The summed E-state index contributed by atoms with van der Waals surface area (Å²) < 4.78 is 17.1. The molecule has 1 amide bonds. The van der Waals surface area contributed by atoms with Gasteiger partial charge in [-0.1, -0.05) is 48.0 Å². The fourth-order valence-electron chi connectivity index (χ4n) is 4.08. The van der Waals surface area contributed by atoms with Gasteiger partial charge < -0.3 is 9.88 Å². The van der Waals surface area contributed by atoms with Crippen molar-refractivity contribution < 1.29 is 9.18 Å². The van der Waals surface area contributed by atoms with E-state index < -0.39 is 5.82 Å². The molecule has 0 atom stereocenters. The Bertz CT molecular complexity index is 1610. The van der Waals surface area contributed by atoms with Gasteiger partial charge in [0.2, 0.25) is 5.91 Å². The number of halogens is 2. The maximum absolute atomic E-state index is 14.1. The van der Waals surface area contributed by atoms with Gasteiger partial charge in [0.15, 0.2) is 0 Å². The van der Waals surface area contributed by atoms with Gasteiger partial charge in [-0.25, -0.2) is 9.37 Å². The molecule has 2 heterocycles. The van der Waals surface area contributed by atoms with E-state index in [-0.39, 0.29) is 23.5 Å². The Labute approximate surface area is 199 Å². The van der Waals surface area contributed by atoms with Gasteiger partial charge in [0.1, 0.15) is 23.4 Å². The summed E-state index contributed by atoms with van der Waals surface area (Å²) in [6, 6.07) is 19.0. The van der Waals surface area contributed by atoms with E-state index >= 15 is 0 Å². The zero-order valence-electron chi connectivity index (χ0n) is 18.3. The largest absolute Gasteiger partial charge is 0.325 e. The fraction of sp³-hybridized carbons (Fsp3) is 0.115. The minimum atomic E-state index is -0.447. The maximum Gasteiger partial charge on any atom is 0.278 e. The number of nitrogens with zero attached hydrogens (tertiary/aromatic N) is 3. The van der Waals surface area contributed by atoms with Crippen molar-refractivity contribution in [1.29, 1.82) is 0 Å². The van der Waals surface area contributed by atoms with Crippen LogP contribution >= 0.6 is 11.6 Å². The molecule has 0 unspecified atom stereocenters. The number of aryl methyl sites for hydroxylation is 1. The van der Waals surface area contributed by atoms with Crippen LogP contribution in [-0.2, 0) is 17.9 Å². The Morgan fingerprint density at radius 2 is 1.88 bits per heavy atom. The molecule has 34 heavy (non-hydrogen) atoms. The van der Waals surface area contributed by atoms with Crippen molar-refractivity contribution in [2.45, 2.75) is 20.0 Å². The van der Waals surface area contributed by atoms with Crippen LogP contribution < -0.4 is 10.9 Å². The summed E-state index contributed by atoms with van der Waals surface area (Å²) >= 11 is 6.26. The molecule has 0 aliphatic heterocycles. The van der Waals surface area contributed by atoms with Gasteiger partial charge in [-0.05, 0) is 48.4 Å². The zero-order valence-corrected chi connectivity index (χ0v) is 19.0. The number of hydrogen-bond donors (Lipinski definition) is 1. The van der Waals surface area contributed by atoms with Gasteiger partial charge in [0.05, 0.1) is 29.1 Å². The first-order valence-corrected chi connectivity index (χ1v) is 11.1. The van der Waals surface area contributed by atoms with Crippen molar-refractivity contribution in [2.24, 2.45) is 0 Å². The van der Waals surface area contributed by atoms with Crippen molar-refractivity contribution in [3.8, 4) is 0 Å². The molecule has 5 rings (SSSR count). The Morgan fingerprint density at radius 3 is 2.65 bits per heavy atom. The molecular formula is C26H20ClFN4O2. The summed E-state index contributed by atoms with van der Waals surface area (Å²) in [4.78, 5) is 30.9. The Balaban J connectivity index is 1.60. The second-order valence-corrected chi connectivity index (χ2v) is 8.55. The van der Waals surface area contributed by atoms with E-state index in [2.05, 4.69) is 10.3 Å². The number of anilines is 1. The summed E-state index contributed by atoms with van der Waals surface area (Å²) in [5, 5.41) is 3.69. The molecule has 0 aliphatic rings. The van der Waals surface area contributed by atoms with Crippen molar-refractivity contribution in [3.05, 3.63) is 105 Å². The molecule has 0 saturated carbocycles. The Morgan fingerprint density at radius 1 is 1.09 bits per heavy atom. The maximum atomic E-state index is 14.1. The van der Waals surface area contributed by atoms with Crippen molar-refractivity contribution in [1.82, 2.24) is 14.1 Å². The average molecular weight is 475 g/mol. The van der Waals surface area contributed by atoms with Gasteiger partial charge in [-0.2, -0.15) is 0 Å². The molecule has 3 aromatic carbocycles. The van der Waals surface area contributed by atoms with Crippen molar-refractivity contribution in [2.75, 3.05) is 5.32 Å². The molecule has 0 aliphatic carbocycles. The van der Waals surface area contributed by atoms with Crippen LogP contribution in [0.1, 0.15) is 11.1 Å². The van der Waals surface area contributed by atoms with E-state index in [1.54, 1.807) is 22.8 Å². The molecule has 5 aromatic rings. The first-order valence-electron chi connectivity index (χ1n) is 10.7. The Hall–Kier alpha value is -3.97. The van der Waals surface area contributed by atoms with E-state index in [1.165, 1.54) is 23.0 Å². The summed E-state index contributed by atoms with van der Waals surface area (Å²) in [7, 11) is 0. The molecule has 0 saturated heterocycles. The molecule has 0 bridgehead atoms. The van der Waals surface area contributed by atoms with Crippen LogP contribution in [0.25, 0.3) is 21.9 Å². The van der Waals surface area contributed by atoms with E-state index in [9.17, 15) is 14.0 Å². The molecule has 0 radical (unpaired) electrons. The molecule has 2 aromatic heterocycles. The quantitative estimate of drug-likeness (QED) is 0.383. The standard InChI is InChI=1S/C26H20ClFN4O2/c1-16-7-9-21(20(27)11-16)30-23(33)14-32-22-10-8-18(28)12-19(22)24-25(32)26(34)31(15-29-24)13-17-5-3-2-4-6-17/h2-12,15H,13-14H2,1H3,(H,30,33). The van der Waals surface area contributed by atoms with E-state index in [1.807, 2.05) is 43.3 Å². The second-order valence-electron chi connectivity index (χ2n) is 8.14. The molecule has 8 heteroatoms. The van der Waals surface area contributed by atoms with Crippen LogP contribution in [0.5, 0.6) is 0 Å². The third kappa shape index (κ3) is 4.06. The highest BCUT2D eigenvalue weighted by atomic mass is 35.5. The minimum absolute atomic E-state index is 0.165. The number of benzene rings is 3. The van der Waals surface area contributed by atoms with Crippen LogP contribution in [0.2, 0.25) is 5.02 Å². The number of fused-ring (bicyclic) bond motifs is 3. The highest BCUT2D eigenvalue weighted by molar-refractivity contribution is 6.33. The molecule has 0 spiro atoms. The van der Waals surface area contributed by atoms with Gasteiger partial charge in [0.25, 0.3) is 5.56 Å². The summed E-state index contributed by atoms with van der Waals surface area (Å²) in [5.74, 6) is -0.815. The van der Waals surface area contributed by atoms with Crippen LogP contribution in [0.15, 0.2) is 77.9 Å². The summed E-state index contributed by atoms with van der Waals surface area (Å²) in [6.07, 6.45) is 1.46. The highest BCUT2D eigenvalue weighted by Gasteiger charge is 2.19. The lowest BCUT2D eigenvalue weighted by Gasteiger charge is -2.11. The predicted octanol–water partition coefficient (Wildman–Crippen LogP) is 5.14. The first-order chi connectivity index (χ1) is 16.4. The van der Waals surface area contributed by atoms with Crippen molar-refractivity contribution in [3.63, 3.8) is 0 Å². The lowest BCUT2D eigenvalue weighted by molar-refractivity contribution is -0.116. The third-order valence-corrected chi connectivity index (χ3v) is 6.00. The Kier molecular flexibility index (Phi) is 5.63. The highest BCUT2D eigenvalue weighted by Crippen LogP contribution is 2.27. The molecule has 6 nitrogen and oxygen atoms in total. The fourth-order valence-corrected chi connectivity index (χ4v) is 4.37. The monoisotopic (exact) mass is 474 g/mol. The van der Waals surface area contributed by atoms with Gasteiger partial charge in [-0.15, -0.1) is 0 Å². The van der Waals surface area contributed by atoms with Gasteiger partial charge in [0, 0.05) is 5.39 Å². The van der Waals surface area contributed by atoms with Crippen LogP contribution in [0.3, 0.4) is 0 Å². The first kappa shape index (κ1) is 21.9. The van der Waals surface area contributed by atoms with Crippen LogP contribution in [0.4, 0.5) is 10.1 Å². The molecule has 0 fully saturated rings. The number of rotatable bonds is 5. The predicted molar refractivity (Wildman–Crippen MR) is 132 cm³/mol. The zero-order chi connectivity index (χ0) is 23.8. The topological polar surface area (TPSA) is 68.9 Å². The van der Waals surface area contributed by atoms with E-state index in [4.69, 9.17) is 11.6 Å². The third-order valence-electron chi connectivity index (χ3n) is 5.68. The lowest BCUT2D eigenvalue weighted by Crippen LogP contribution is -2.25. The number of carbonyl (C=O) groups is 1. The number of nitrogens with one attached hydrogen (secondary N) is 1. The lowest BCUT2D eigenvalue weighted by atomic mass is 10.2.